The van der Waals surface area contributed by atoms with Gasteiger partial charge in [0.05, 0.1) is 5.56 Å². The Morgan fingerprint density at radius 3 is 2.40 bits per heavy atom. The quantitative estimate of drug-likeness (QED) is 0.611. The number of carbonyl (C=O) groups is 1. The second kappa shape index (κ2) is 3.92. The molecule has 1 rings (SSSR count). The molecular formula is C10H10F3NO. The van der Waals surface area contributed by atoms with Crippen LogP contribution in [-0.2, 0) is 6.18 Å². The number of rotatable bonds is 2. The van der Waals surface area contributed by atoms with Gasteiger partial charge in [0.15, 0.2) is 5.78 Å². The van der Waals surface area contributed by atoms with E-state index in [1.54, 1.807) is 6.92 Å². The van der Waals surface area contributed by atoms with E-state index in [0.717, 1.165) is 18.2 Å². The third-order valence-electron chi connectivity index (χ3n) is 2.00. The summed E-state index contributed by atoms with van der Waals surface area (Å²) in [6.45, 7) is 1.64. The Hall–Kier alpha value is -1.52. The van der Waals surface area contributed by atoms with Gasteiger partial charge in [0.25, 0.3) is 0 Å². The first-order valence-electron chi connectivity index (χ1n) is 4.36. The molecule has 0 aliphatic heterocycles. The van der Waals surface area contributed by atoms with Crippen LogP contribution in [0.4, 0.5) is 18.9 Å². The van der Waals surface area contributed by atoms with E-state index in [2.05, 4.69) is 0 Å². The summed E-state index contributed by atoms with van der Waals surface area (Å²) in [6.07, 6.45) is -4.23. The predicted octanol–water partition coefficient (Wildman–Crippen LogP) is 2.88. The van der Waals surface area contributed by atoms with Gasteiger partial charge in [-0.1, -0.05) is 13.0 Å². The van der Waals surface area contributed by atoms with Gasteiger partial charge < -0.3 is 5.73 Å². The summed E-state index contributed by atoms with van der Waals surface area (Å²) in [6, 6.07) is 3.04. The van der Waals surface area contributed by atoms with Gasteiger partial charge >= 0.3 is 6.18 Å². The zero-order chi connectivity index (χ0) is 11.6. The minimum absolute atomic E-state index is 0.211. The second-order valence-electron chi connectivity index (χ2n) is 3.08. The number of carbonyl (C=O) groups excluding carboxylic acids is 1. The maximum atomic E-state index is 12.3. The summed E-state index contributed by atoms with van der Waals surface area (Å²) in [5.74, 6) is -0.226. The highest BCUT2D eigenvalue weighted by Gasteiger charge is 2.32. The molecule has 0 amide bonds. The maximum Gasteiger partial charge on any atom is 0.418 e. The summed E-state index contributed by atoms with van der Waals surface area (Å²) >= 11 is 0. The van der Waals surface area contributed by atoms with Crippen molar-refractivity contribution in [3.63, 3.8) is 0 Å². The Kier molecular flexibility index (Phi) is 3.02. The number of nitrogen functional groups attached to an aromatic ring is 1. The van der Waals surface area contributed by atoms with Gasteiger partial charge in [-0.2, -0.15) is 13.2 Å². The fourth-order valence-corrected chi connectivity index (χ4v) is 1.20. The Morgan fingerprint density at radius 2 is 2.00 bits per heavy atom. The standard InChI is InChI=1S/C10H10F3NO/c1-2-9(15)6-3-4-7(8(14)5-6)10(11,12)13/h3-5H,2,14H2,1H3. The van der Waals surface area contributed by atoms with Gasteiger partial charge in [0.2, 0.25) is 0 Å². The van der Waals surface area contributed by atoms with E-state index in [1.807, 2.05) is 0 Å². The molecule has 0 aliphatic carbocycles. The molecule has 0 saturated carbocycles. The summed E-state index contributed by atoms with van der Waals surface area (Å²) in [5.41, 5.74) is 4.12. The number of hydrogen-bond acceptors (Lipinski definition) is 2. The fraction of sp³-hybridized carbons (Fsp3) is 0.300. The first-order valence-corrected chi connectivity index (χ1v) is 4.36. The Morgan fingerprint density at radius 1 is 1.40 bits per heavy atom. The number of hydrogen-bond donors (Lipinski definition) is 1. The first-order chi connectivity index (χ1) is 6.86. The van der Waals surface area contributed by atoms with E-state index in [0.29, 0.717) is 0 Å². The number of benzene rings is 1. The fourth-order valence-electron chi connectivity index (χ4n) is 1.20. The van der Waals surface area contributed by atoms with Crippen molar-refractivity contribution in [2.24, 2.45) is 0 Å². The molecule has 2 nitrogen and oxygen atoms in total. The van der Waals surface area contributed by atoms with Crippen molar-refractivity contribution >= 4 is 11.5 Å². The molecule has 82 valence electrons. The summed E-state index contributed by atoms with van der Waals surface area (Å²) in [4.78, 5) is 11.2. The van der Waals surface area contributed by atoms with E-state index in [-0.39, 0.29) is 17.8 Å². The second-order valence-corrected chi connectivity index (χ2v) is 3.08. The van der Waals surface area contributed by atoms with Gasteiger partial charge in [-0.3, -0.25) is 4.79 Å². The molecule has 5 heteroatoms. The number of Topliss-reactive ketones (excluding diaryl/α,β-unsaturated/α-hetero) is 1. The predicted molar refractivity (Wildman–Crippen MR) is 50.5 cm³/mol. The van der Waals surface area contributed by atoms with Crippen molar-refractivity contribution in [2.75, 3.05) is 5.73 Å². The zero-order valence-corrected chi connectivity index (χ0v) is 8.06. The lowest BCUT2D eigenvalue weighted by molar-refractivity contribution is -0.136. The number of halogens is 3. The maximum absolute atomic E-state index is 12.3. The molecule has 1 aromatic carbocycles. The van der Waals surface area contributed by atoms with Crippen LogP contribution in [0.1, 0.15) is 29.3 Å². The van der Waals surface area contributed by atoms with Crippen LogP contribution in [0.15, 0.2) is 18.2 Å². The molecule has 15 heavy (non-hydrogen) atoms. The van der Waals surface area contributed by atoms with Gasteiger partial charge in [-0.25, -0.2) is 0 Å². The third kappa shape index (κ3) is 2.49. The summed E-state index contributed by atoms with van der Waals surface area (Å²) in [5, 5.41) is 0. The van der Waals surface area contributed by atoms with Crippen molar-refractivity contribution < 1.29 is 18.0 Å². The Labute approximate surface area is 84.9 Å². The van der Waals surface area contributed by atoms with Crippen molar-refractivity contribution in [2.45, 2.75) is 19.5 Å². The van der Waals surface area contributed by atoms with Crippen LogP contribution >= 0.6 is 0 Å². The van der Waals surface area contributed by atoms with Crippen LogP contribution in [0.25, 0.3) is 0 Å². The molecule has 0 atom stereocenters. The average molecular weight is 217 g/mol. The van der Waals surface area contributed by atoms with Crippen LogP contribution in [-0.4, -0.2) is 5.78 Å². The van der Waals surface area contributed by atoms with Crippen LogP contribution < -0.4 is 5.73 Å². The molecule has 0 saturated heterocycles. The topological polar surface area (TPSA) is 43.1 Å². The normalized spacial score (nSPS) is 11.5. The molecule has 0 radical (unpaired) electrons. The minimum Gasteiger partial charge on any atom is -0.398 e. The van der Waals surface area contributed by atoms with Crippen molar-refractivity contribution in [3.8, 4) is 0 Å². The van der Waals surface area contributed by atoms with E-state index >= 15 is 0 Å². The van der Waals surface area contributed by atoms with Crippen molar-refractivity contribution in [1.82, 2.24) is 0 Å². The van der Waals surface area contributed by atoms with Crippen LogP contribution in [0.2, 0.25) is 0 Å². The molecule has 2 N–H and O–H groups in total. The minimum atomic E-state index is -4.47. The number of alkyl halides is 3. The molecule has 0 aromatic heterocycles. The van der Waals surface area contributed by atoms with E-state index in [1.165, 1.54) is 0 Å². The lowest BCUT2D eigenvalue weighted by atomic mass is 10.0. The average Bonchev–Trinajstić information content (AvgIpc) is 2.14. The summed E-state index contributed by atoms with van der Waals surface area (Å²) < 4.78 is 36.9. The van der Waals surface area contributed by atoms with E-state index in [9.17, 15) is 18.0 Å². The molecule has 0 heterocycles. The highest BCUT2D eigenvalue weighted by atomic mass is 19.4. The Balaban J connectivity index is 3.15. The first kappa shape index (κ1) is 11.6. The molecular weight excluding hydrogens is 207 g/mol. The van der Waals surface area contributed by atoms with Gasteiger partial charge in [0, 0.05) is 17.7 Å². The molecule has 0 bridgehead atoms. The smallest absolute Gasteiger partial charge is 0.398 e. The number of nitrogens with two attached hydrogens (primary N) is 1. The molecule has 0 unspecified atom stereocenters. The monoisotopic (exact) mass is 217 g/mol. The van der Waals surface area contributed by atoms with Crippen LogP contribution in [0.5, 0.6) is 0 Å². The third-order valence-corrected chi connectivity index (χ3v) is 2.00. The highest BCUT2D eigenvalue weighted by Crippen LogP contribution is 2.33. The van der Waals surface area contributed by atoms with Crippen molar-refractivity contribution in [1.29, 1.82) is 0 Å². The number of anilines is 1. The van der Waals surface area contributed by atoms with Crippen molar-refractivity contribution in [3.05, 3.63) is 29.3 Å². The van der Waals surface area contributed by atoms with E-state index < -0.39 is 17.4 Å². The molecule has 0 spiro atoms. The van der Waals surface area contributed by atoms with Gasteiger partial charge in [0.1, 0.15) is 0 Å². The molecule has 0 fully saturated rings. The van der Waals surface area contributed by atoms with E-state index in [4.69, 9.17) is 5.73 Å². The SMILES string of the molecule is CCC(=O)c1ccc(C(F)(F)F)c(N)c1. The van der Waals surface area contributed by atoms with Gasteiger partial charge in [-0.05, 0) is 12.1 Å². The lowest BCUT2D eigenvalue weighted by Crippen LogP contribution is -2.10. The zero-order valence-electron chi connectivity index (χ0n) is 8.06. The number of ketones is 1. The van der Waals surface area contributed by atoms with Crippen LogP contribution in [0, 0.1) is 0 Å². The molecule has 0 aliphatic rings. The molecule has 1 aromatic rings. The van der Waals surface area contributed by atoms with Crippen LogP contribution in [0.3, 0.4) is 0 Å². The largest absolute Gasteiger partial charge is 0.418 e. The lowest BCUT2D eigenvalue weighted by Gasteiger charge is -2.10. The van der Waals surface area contributed by atoms with Gasteiger partial charge in [-0.15, -0.1) is 0 Å². The highest BCUT2D eigenvalue weighted by molar-refractivity contribution is 5.96. The summed E-state index contributed by atoms with van der Waals surface area (Å²) in [7, 11) is 0. The Bertz CT molecular complexity index is 385.